The second-order valence-electron chi connectivity index (χ2n) is 7.58. The van der Waals surface area contributed by atoms with Crippen molar-refractivity contribution in [3.63, 3.8) is 0 Å². The van der Waals surface area contributed by atoms with Crippen molar-refractivity contribution < 1.29 is 4.74 Å². The van der Waals surface area contributed by atoms with Crippen molar-refractivity contribution in [3.05, 3.63) is 35.4 Å². The van der Waals surface area contributed by atoms with Crippen LogP contribution in [0.5, 0.6) is 0 Å². The van der Waals surface area contributed by atoms with Gasteiger partial charge in [0.2, 0.25) is 0 Å². The van der Waals surface area contributed by atoms with Gasteiger partial charge in [0.15, 0.2) is 5.96 Å². The average Bonchev–Trinajstić information content (AvgIpc) is 3.13. The standard InChI is InChI=1S/C21H34N4O.HI/c1-4-22-21(25-11-7-8-12-25)23-13-19-9-5-6-10-20(19)16-24-14-17(2)26-18(3)15-24;/h5-6,9-10,17-18H,4,7-8,11-16H2,1-3H3,(H,22,23);1H. The van der Waals surface area contributed by atoms with Crippen LogP contribution in [0.15, 0.2) is 29.3 Å². The largest absolute Gasteiger partial charge is 0.373 e. The quantitative estimate of drug-likeness (QED) is 0.393. The number of benzene rings is 1. The number of likely N-dealkylation sites (tertiary alicyclic amines) is 1. The van der Waals surface area contributed by atoms with Gasteiger partial charge >= 0.3 is 0 Å². The smallest absolute Gasteiger partial charge is 0.194 e. The number of hydrogen-bond acceptors (Lipinski definition) is 3. The minimum absolute atomic E-state index is 0. The summed E-state index contributed by atoms with van der Waals surface area (Å²) in [6, 6.07) is 8.74. The van der Waals surface area contributed by atoms with Crippen molar-refractivity contribution in [2.75, 3.05) is 32.7 Å². The Bertz CT molecular complexity index is 594. The topological polar surface area (TPSA) is 40.1 Å². The summed E-state index contributed by atoms with van der Waals surface area (Å²) in [5.74, 6) is 1.06. The van der Waals surface area contributed by atoms with E-state index < -0.39 is 0 Å². The summed E-state index contributed by atoms with van der Waals surface area (Å²) < 4.78 is 5.87. The molecule has 1 N–H and O–H groups in total. The van der Waals surface area contributed by atoms with E-state index in [-0.39, 0.29) is 24.0 Å². The molecule has 0 bridgehead atoms. The first kappa shape index (κ1) is 22.4. The molecule has 3 rings (SSSR count). The Balaban J connectivity index is 0.00000261. The van der Waals surface area contributed by atoms with Crippen LogP contribution in [-0.4, -0.2) is 60.7 Å². The predicted octanol–water partition coefficient (Wildman–Crippen LogP) is 3.48. The summed E-state index contributed by atoms with van der Waals surface area (Å²) in [7, 11) is 0. The second-order valence-corrected chi connectivity index (χ2v) is 7.58. The molecule has 27 heavy (non-hydrogen) atoms. The van der Waals surface area contributed by atoms with E-state index in [1.54, 1.807) is 0 Å². The third kappa shape index (κ3) is 6.61. The molecule has 2 aliphatic rings. The van der Waals surface area contributed by atoms with Gasteiger partial charge in [-0.25, -0.2) is 4.99 Å². The van der Waals surface area contributed by atoms with Gasteiger partial charge in [0.05, 0.1) is 18.8 Å². The summed E-state index contributed by atoms with van der Waals surface area (Å²) in [6.45, 7) is 13.3. The Morgan fingerprint density at radius 3 is 2.37 bits per heavy atom. The summed E-state index contributed by atoms with van der Waals surface area (Å²) in [4.78, 5) is 9.83. The van der Waals surface area contributed by atoms with Crippen LogP contribution in [0.2, 0.25) is 0 Å². The minimum Gasteiger partial charge on any atom is -0.373 e. The van der Waals surface area contributed by atoms with Gasteiger partial charge in [-0.15, -0.1) is 24.0 Å². The summed E-state index contributed by atoms with van der Waals surface area (Å²) >= 11 is 0. The number of guanidine groups is 1. The Labute approximate surface area is 181 Å². The first-order valence-corrected chi connectivity index (χ1v) is 10.1. The van der Waals surface area contributed by atoms with Gasteiger partial charge in [0, 0.05) is 39.3 Å². The van der Waals surface area contributed by atoms with Gasteiger partial charge in [-0.3, -0.25) is 4.90 Å². The number of halogens is 1. The zero-order valence-electron chi connectivity index (χ0n) is 17.0. The highest BCUT2D eigenvalue weighted by Crippen LogP contribution is 2.18. The first-order valence-electron chi connectivity index (χ1n) is 10.1. The number of aliphatic imine (C=N–C) groups is 1. The van der Waals surface area contributed by atoms with Crippen LogP contribution in [0, 0.1) is 0 Å². The SMILES string of the molecule is CCNC(=NCc1ccccc1CN1CC(C)OC(C)C1)N1CCCC1.I. The number of nitrogens with zero attached hydrogens (tertiary/aromatic N) is 3. The molecule has 2 aliphatic heterocycles. The van der Waals surface area contributed by atoms with E-state index in [2.05, 4.69) is 60.2 Å². The molecule has 2 unspecified atom stereocenters. The van der Waals surface area contributed by atoms with Crippen LogP contribution < -0.4 is 5.32 Å². The molecule has 0 saturated carbocycles. The van der Waals surface area contributed by atoms with Gasteiger partial charge in [-0.2, -0.15) is 0 Å². The molecule has 152 valence electrons. The molecule has 0 aromatic heterocycles. The normalized spacial score (nSPS) is 24.0. The lowest BCUT2D eigenvalue weighted by molar-refractivity contribution is -0.0705. The number of morpholine rings is 1. The average molecular weight is 486 g/mol. The van der Waals surface area contributed by atoms with Crippen LogP contribution in [-0.2, 0) is 17.8 Å². The molecule has 0 aliphatic carbocycles. The summed E-state index contributed by atoms with van der Waals surface area (Å²) in [5, 5.41) is 3.46. The predicted molar refractivity (Wildman–Crippen MR) is 123 cm³/mol. The van der Waals surface area contributed by atoms with E-state index in [0.717, 1.165) is 51.8 Å². The second kappa shape index (κ2) is 11.2. The van der Waals surface area contributed by atoms with Crippen LogP contribution in [0.25, 0.3) is 0 Å². The lowest BCUT2D eigenvalue weighted by atomic mass is 10.1. The van der Waals surface area contributed by atoms with E-state index in [1.807, 2.05) is 0 Å². The number of rotatable bonds is 5. The molecular weight excluding hydrogens is 451 g/mol. The van der Waals surface area contributed by atoms with Crippen molar-refractivity contribution in [2.24, 2.45) is 4.99 Å². The van der Waals surface area contributed by atoms with Gasteiger partial charge in [0.1, 0.15) is 0 Å². The van der Waals surface area contributed by atoms with Gasteiger partial charge in [-0.1, -0.05) is 24.3 Å². The highest BCUT2D eigenvalue weighted by Gasteiger charge is 2.22. The maximum atomic E-state index is 5.87. The van der Waals surface area contributed by atoms with Crippen molar-refractivity contribution in [2.45, 2.75) is 58.9 Å². The van der Waals surface area contributed by atoms with Crippen molar-refractivity contribution in [1.82, 2.24) is 15.1 Å². The van der Waals surface area contributed by atoms with Crippen LogP contribution in [0.1, 0.15) is 44.7 Å². The Morgan fingerprint density at radius 1 is 1.11 bits per heavy atom. The zero-order chi connectivity index (χ0) is 18.4. The third-order valence-corrected chi connectivity index (χ3v) is 5.15. The van der Waals surface area contributed by atoms with Gasteiger partial charge in [0.25, 0.3) is 0 Å². The molecule has 2 saturated heterocycles. The number of nitrogens with one attached hydrogen (secondary N) is 1. The third-order valence-electron chi connectivity index (χ3n) is 5.15. The molecule has 2 heterocycles. The molecule has 6 heteroatoms. The Kier molecular flexibility index (Phi) is 9.32. The Hall–Kier alpha value is -0.860. The fourth-order valence-electron chi connectivity index (χ4n) is 4.04. The molecule has 0 radical (unpaired) electrons. The minimum atomic E-state index is 0. The van der Waals surface area contributed by atoms with Crippen LogP contribution in [0.3, 0.4) is 0 Å². The lowest BCUT2D eigenvalue weighted by Crippen LogP contribution is -2.44. The highest BCUT2D eigenvalue weighted by atomic mass is 127. The number of ether oxygens (including phenoxy) is 1. The van der Waals surface area contributed by atoms with Gasteiger partial charge in [-0.05, 0) is 44.7 Å². The fraction of sp³-hybridized carbons (Fsp3) is 0.667. The maximum Gasteiger partial charge on any atom is 0.194 e. The molecule has 0 spiro atoms. The molecule has 1 aromatic carbocycles. The van der Waals surface area contributed by atoms with E-state index in [0.29, 0.717) is 12.2 Å². The van der Waals surface area contributed by atoms with Crippen LogP contribution >= 0.6 is 24.0 Å². The van der Waals surface area contributed by atoms with Crippen molar-refractivity contribution in [3.8, 4) is 0 Å². The Morgan fingerprint density at radius 2 is 1.74 bits per heavy atom. The van der Waals surface area contributed by atoms with E-state index in [4.69, 9.17) is 9.73 Å². The van der Waals surface area contributed by atoms with Crippen molar-refractivity contribution >= 4 is 29.9 Å². The van der Waals surface area contributed by atoms with Crippen LogP contribution in [0.4, 0.5) is 0 Å². The molecule has 0 amide bonds. The van der Waals surface area contributed by atoms with Gasteiger partial charge < -0.3 is 15.0 Å². The first-order chi connectivity index (χ1) is 12.7. The highest BCUT2D eigenvalue weighted by molar-refractivity contribution is 14.0. The molecule has 2 fully saturated rings. The molecule has 5 nitrogen and oxygen atoms in total. The van der Waals surface area contributed by atoms with E-state index >= 15 is 0 Å². The maximum absolute atomic E-state index is 5.87. The van der Waals surface area contributed by atoms with E-state index in [1.165, 1.54) is 24.0 Å². The molecular formula is C21H35IN4O. The molecule has 1 aromatic rings. The lowest BCUT2D eigenvalue weighted by Gasteiger charge is -2.35. The monoisotopic (exact) mass is 486 g/mol. The van der Waals surface area contributed by atoms with Crippen molar-refractivity contribution in [1.29, 1.82) is 0 Å². The van der Waals surface area contributed by atoms with E-state index in [9.17, 15) is 0 Å². The summed E-state index contributed by atoms with van der Waals surface area (Å²) in [5.41, 5.74) is 2.71. The fourth-order valence-corrected chi connectivity index (χ4v) is 4.04. The summed E-state index contributed by atoms with van der Waals surface area (Å²) in [6.07, 6.45) is 3.15. The molecule has 2 atom stereocenters. The zero-order valence-corrected chi connectivity index (χ0v) is 19.3. The number of hydrogen-bond donors (Lipinski definition) is 1.